The lowest BCUT2D eigenvalue weighted by Crippen LogP contribution is -2.10. The highest BCUT2D eigenvalue weighted by Crippen LogP contribution is 2.52. The zero-order chi connectivity index (χ0) is 105. The Hall–Kier alpha value is -11.2. The molecule has 17 rings (SSSR count). The third-order valence-corrected chi connectivity index (χ3v) is 34.1. The minimum absolute atomic E-state index is 0.193. The molecular formula is C122H114Cl4I2N3O10PS6. The van der Waals surface area contributed by atoms with Crippen molar-refractivity contribution in [3.05, 3.63) is 454 Å². The van der Waals surface area contributed by atoms with Crippen LogP contribution < -0.4 is 14.7 Å². The van der Waals surface area contributed by atoms with E-state index in [0.29, 0.717) is 62.2 Å². The highest BCUT2D eigenvalue weighted by molar-refractivity contribution is 14.1. The van der Waals surface area contributed by atoms with E-state index in [1.54, 1.807) is 40.1 Å². The van der Waals surface area contributed by atoms with Gasteiger partial charge in [-0.25, -0.2) is 0 Å². The number of esters is 3. The van der Waals surface area contributed by atoms with Gasteiger partial charge in [0.25, 0.3) is 0 Å². The third-order valence-electron chi connectivity index (χ3n) is 22.9. The first-order valence-electron chi connectivity index (χ1n) is 47.6. The molecule has 0 N–H and O–H groups in total. The molecule has 6 aromatic heterocycles. The summed E-state index contributed by atoms with van der Waals surface area (Å²) in [5.74, 6) is -0.595. The number of para-hydroxylation sites is 3. The summed E-state index contributed by atoms with van der Waals surface area (Å²) in [4.78, 5) is 59.9. The number of aldehydes is 1. The molecule has 0 saturated heterocycles. The number of rotatable bonds is 34. The van der Waals surface area contributed by atoms with Gasteiger partial charge < -0.3 is 38.0 Å². The summed E-state index contributed by atoms with van der Waals surface area (Å²) in [7, 11) is 1.31. The number of carbonyl (C=O) groups excluding carboxylic acids is 4. The Morgan fingerprint density at radius 3 is 0.818 bits per heavy atom. The van der Waals surface area contributed by atoms with Gasteiger partial charge in [-0.2, -0.15) is 0 Å². The minimum Gasteiger partial charge on any atom is -0.469 e. The van der Waals surface area contributed by atoms with Crippen LogP contribution in [0.2, 0.25) is 17.3 Å². The quantitative estimate of drug-likeness (QED) is 0.0124. The van der Waals surface area contributed by atoms with Gasteiger partial charge in [0, 0.05) is 107 Å². The summed E-state index contributed by atoms with van der Waals surface area (Å²) in [6.45, 7) is 16.9. The van der Waals surface area contributed by atoms with Crippen LogP contribution in [0.15, 0.2) is 327 Å². The molecule has 0 aliphatic heterocycles. The molecule has 760 valence electrons. The maximum absolute atomic E-state index is 12.2. The number of ether oxygens (including phenoxy) is 3. The van der Waals surface area contributed by atoms with Crippen LogP contribution in [0.25, 0.3) is 58.4 Å². The Morgan fingerprint density at radius 1 is 0.318 bits per heavy atom. The molecule has 0 saturated carbocycles. The number of nitrogens with zero attached hydrogens (tertiary/aromatic N) is 3. The number of aryl methyl sites for hydroxylation is 9. The van der Waals surface area contributed by atoms with Crippen LogP contribution in [0.4, 0.5) is 51.2 Å². The fourth-order valence-corrected chi connectivity index (χ4v) is 24.3. The van der Waals surface area contributed by atoms with Gasteiger partial charge in [-0.1, -0.05) is 222 Å². The SMILES string of the molecule is CCOP(=O)(Cc1ccc(I)cc1)OCC.COC(=O)CCc1ccc(N(c2ccccc2)c2ccc(/C=C/c3sc(-c4cc(C)c(/C=C/c5ccc(N(c6ccccc6)c6ccc(CCC(=O)OC)cc6)cc5)s4)cc3C)cc2)cc1.COC(=O)CCc1ccc(N(c2ccccc2)c2ccc(/C=C/c3sc(Cl)cc3C)cc2)cc1.Cc1cc(Cl)sc1/C=C/c1ccc(I)cc1.Cc1cc(Cl)sc1C=O.Cc1csc(Cl)c1. The number of carbonyl (C=O) groups is 4. The van der Waals surface area contributed by atoms with E-state index in [4.69, 9.17) is 69.7 Å². The number of hydrogen-bond donors (Lipinski definition) is 0. The number of methoxy groups -OCH3 is 3. The molecule has 0 atom stereocenters. The first-order chi connectivity index (χ1) is 71.5. The predicted molar refractivity (Wildman–Crippen MR) is 652 cm³/mol. The molecule has 17 aromatic rings. The van der Waals surface area contributed by atoms with Gasteiger partial charge in [0.1, 0.15) is 0 Å². The van der Waals surface area contributed by atoms with Crippen molar-refractivity contribution in [3.63, 3.8) is 0 Å². The van der Waals surface area contributed by atoms with Crippen LogP contribution >= 0.6 is 167 Å². The summed E-state index contributed by atoms with van der Waals surface area (Å²) in [6.07, 6.45) is 21.5. The first kappa shape index (κ1) is 116. The summed E-state index contributed by atoms with van der Waals surface area (Å²) in [5, 5.41) is 2.03. The molecule has 0 unspecified atom stereocenters. The monoisotopic (exact) mass is 2400 g/mol. The van der Waals surface area contributed by atoms with E-state index >= 15 is 0 Å². The molecule has 0 spiro atoms. The van der Waals surface area contributed by atoms with E-state index in [2.05, 4.69) is 379 Å². The van der Waals surface area contributed by atoms with Gasteiger partial charge in [0.05, 0.1) is 62.9 Å². The topological polar surface area (TPSA) is 141 Å². The second kappa shape index (κ2) is 59.4. The van der Waals surface area contributed by atoms with Crippen LogP contribution in [0.1, 0.15) is 140 Å². The number of thiophene rings is 6. The third kappa shape index (κ3) is 36.3. The van der Waals surface area contributed by atoms with Crippen LogP contribution in [0.5, 0.6) is 0 Å². The molecule has 0 amide bonds. The number of benzene rings is 11. The Kier molecular flexibility index (Phi) is 46.4. The lowest BCUT2D eigenvalue weighted by atomic mass is 10.1. The first-order valence-corrected chi connectivity index (χ1v) is 58.0. The van der Waals surface area contributed by atoms with Crippen molar-refractivity contribution >= 4 is 291 Å². The largest absolute Gasteiger partial charge is 0.469 e. The minimum atomic E-state index is -2.96. The fourth-order valence-electron chi connectivity index (χ4n) is 15.1. The van der Waals surface area contributed by atoms with Gasteiger partial charge in [0.15, 0.2) is 6.29 Å². The van der Waals surface area contributed by atoms with E-state index in [1.807, 2.05) is 129 Å². The summed E-state index contributed by atoms with van der Waals surface area (Å²) in [5.41, 5.74) is 25.6. The zero-order valence-corrected chi connectivity index (χ0v) is 97.0. The van der Waals surface area contributed by atoms with Crippen molar-refractivity contribution in [2.75, 3.05) is 49.2 Å². The fraction of sp³-hybridized carbons (Fsp3) is 0.164. The summed E-state index contributed by atoms with van der Waals surface area (Å²) >= 11 is 37.5. The molecule has 26 heteroatoms. The average molecular weight is 2400 g/mol. The van der Waals surface area contributed by atoms with E-state index in [-0.39, 0.29) is 17.9 Å². The number of anilines is 9. The Balaban J connectivity index is 0.000000193. The Morgan fingerprint density at radius 2 is 0.574 bits per heavy atom. The molecular weight excluding hydrogens is 2290 g/mol. The number of halogens is 6. The van der Waals surface area contributed by atoms with Crippen LogP contribution in [-0.2, 0) is 67.6 Å². The van der Waals surface area contributed by atoms with Crippen LogP contribution in [0, 0.1) is 48.7 Å². The molecule has 0 aliphatic rings. The zero-order valence-electron chi connectivity index (χ0n) is 83.8. The molecule has 0 aliphatic carbocycles. The molecule has 6 heterocycles. The van der Waals surface area contributed by atoms with Gasteiger partial charge in [-0.3, -0.25) is 23.7 Å². The van der Waals surface area contributed by atoms with Crippen molar-refractivity contribution < 1.29 is 47.0 Å². The van der Waals surface area contributed by atoms with Crippen molar-refractivity contribution in [2.45, 2.75) is 100 Å². The molecule has 0 radical (unpaired) electrons. The smallest absolute Gasteiger partial charge is 0.335 e. The molecule has 11 aromatic carbocycles. The molecule has 0 bridgehead atoms. The maximum Gasteiger partial charge on any atom is 0.335 e. The number of hydrogen-bond acceptors (Lipinski definition) is 19. The van der Waals surface area contributed by atoms with E-state index in [1.165, 1.54) is 98.9 Å². The lowest BCUT2D eigenvalue weighted by molar-refractivity contribution is -0.141. The van der Waals surface area contributed by atoms with Crippen molar-refractivity contribution in [3.8, 4) is 9.75 Å². The maximum atomic E-state index is 12.2. The second-order valence-electron chi connectivity index (χ2n) is 33.8. The summed E-state index contributed by atoms with van der Waals surface area (Å²) < 4.78 is 42.7. The van der Waals surface area contributed by atoms with Crippen LogP contribution in [-0.4, -0.2) is 58.7 Å². The molecule has 0 fully saturated rings. The Bertz CT molecular complexity index is 7050. The van der Waals surface area contributed by atoms with Gasteiger partial charge in [0.2, 0.25) is 0 Å². The van der Waals surface area contributed by atoms with Crippen molar-refractivity contribution in [1.29, 1.82) is 0 Å². The second-order valence-corrected chi connectivity index (χ2v) is 47.2. The van der Waals surface area contributed by atoms with E-state index in [9.17, 15) is 23.7 Å². The standard InChI is InChI=1S/C58H52N2O4S2.C29H26ClNO2S.C13H10ClIS.C11H16IO3P.C6H5ClOS.C5H5ClS/c1-41-39-55(65-53(41)35-23-43-15-27-49(28-16-43)59(47-11-7-5-8-12-47)51-31-19-45(20-32-51)25-37-57(61)63-3)56-40-42(2)54(66-56)36-24-44-17-29-50(30-18-44)60(48-13-9-6-10-14-48)52-33-21-46(22-34-52)26-38-58(62)64-4;1-21-20-28(30)34-27(21)18-12-22-8-14-25(15-9-22)31(24-6-4-3-5-7-24)26-16-10-23(11-17-26)13-19-29(32)33-2;1-9-8-13(14)16-12(9)7-4-10-2-5-11(15)6-3-10;1-3-14-16(13,15-4-2)9-10-5-7-11(12)8-6-10;1-4-2-6(7)9-5(4)3-8;1-4-2-5(6)7-3-4/h5-24,27-36,39-40H,25-26,37-38H2,1-4H3;3-12,14-18,20H,13,19H2,1-2H3;2-8H,1H3;5-8H,3-4,9H2,1-2H3;2-3H,1H3;2-3H,1H3/b35-23+,36-24+;18-12+;7-4+;;;. The highest BCUT2D eigenvalue weighted by Gasteiger charge is 2.25. The van der Waals surface area contributed by atoms with Gasteiger partial charge in [-0.15, -0.1) is 68.0 Å². The van der Waals surface area contributed by atoms with Crippen molar-refractivity contribution in [1.82, 2.24) is 0 Å². The lowest BCUT2D eigenvalue weighted by Gasteiger charge is -2.25. The van der Waals surface area contributed by atoms with Gasteiger partial charge >= 0.3 is 25.5 Å². The predicted octanol–water partition coefficient (Wildman–Crippen LogP) is 38.8. The van der Waals surface area contributed by atoms with E-state index in [0.717, 1.165) is 123 Å². The van der Waals surface area contributed by atoms with Gasteiger partial charge in [-0.05, 0) is 397 Å². The van der Waals surface area contributed by atoms with Crippen molar-refractivity contribution in [2.24, 2.45) is 0 Å². The van der Waals surface area contributed by atoms with Crippen LogP contribution in [0.3, 0.4) is 0 Å². The Labute approximate surface area is 941 Å². The molecule has 13 nitrogen and oxygen atoms in total. The summed E-state index contributed by atoms with van der Waals surface area (Å²) in [6, 6.07) is 111. The average Bonchev–Trinajstić information content (AvgIpc) is 1.70. The molecule has 148 heavy (non-hydrogen) atoms. The van der Waals surface area contributed by atoms with E-state index < -0.39 is 7.60 Å². The highest BCUT2D eigenvalue weighted by atomic mass is 127. The normalized spacial score (nSPS) is 11.1.